The number of anilines is 1. The summed E-state index contributed by atoms with van der Waals surface area (Å²) in [6, 6.07) is 2.28. The number of nitrogens with one attached hydrogen (secondary N) is 2. The Hall–Kier alpha value is -1.51. The molecule has 2 aliphatic rings. The van der Waals surface area contributed by atoms with Crippen molar-refractivity contribution in [2.24, 2.45) is 0 Å². The van der Waals surface area contributed by atoms with Crippen LogP contribution in [0.4, 0.5) is 10.5 Å². The summed E-state index contributed by atoms with van der Waals surface area (Å²) < 4.78 is 0. The first-order valence-electron chi connectivity index (χ1n) is 7.45. The third kappa shape index (κ3) is 2.60. The molecular formula is C16H24N2O. The molecule has 0 unspecified atom stereocenters. The number of hydrogen-bond acceptors (Lipinski definition) is 1. The van der Waals surface area contributed by atoms with Crippen LogP contribution in [-0.2, 0) is 25.7 Å². The summed E-state index contributed by atoms with van der Waals surface area (Å²) in [5.74, 6) is 0. The molecule has 3 rings (SSSR count). The summed E-state index contributed by atoms with van der Waals surface area (Å²) in [4.78, 5) is 11.6. The first-order valence-corrected chi connectivity index (χ1v) is 7.45. The molecule has 1 aromatic rings. The molecule has 0 radical (unpaired) electrons. The van der Waals surface area contributed by atoms with Crippen molar-refractivity contribution >= 4 is 11.7 Å². The van der Waals surface area contributed by atoms with Gasteiger partial charge in [0.25, 0.3) is 0 Å². The summed E-state index contributed by atoms with van der Waals surface area (Å²) in [6.45, 7) is 4.00. The van der Waals surface area contributed by atoms with Crippen molar-refractivity contribution in [1.82, 2.24) is 5.32 Å². The Balaban J connectivity index is 0.000000637. The maximum absolute atomic E-state index is 11.6. The van der Waals surface area contributed by atoms with Gasteiger partial charge < -0.3 is 10.6 Å². The number of urea groups is 1. The van der Waals surface area contributed by atoms with Crippen LogP contribution in [0.25, 0.3) is 0 Å². The van der Waals surface area contributed by atoms with Crippen molar-refractivity contribution in [2.75, 3.05) is 12.4 Å². The van der Waals surface area contributed by atoms with Crippen LogP contribution in [0.2, 0.25) is 0 Å². The molecule has 0 aliphatic heterocycles. The summed E-state index contributed by atoms with van der Waals surface area (Å²) in [7, 11) is 1.67. The highest BCUT2D eigenvalue weighted by Gasteiger charge is 2.24. The van der Waals surface area contributed by atoms with Gasteiger partial charge in [0.2, 0.25) is 0 Å². The molecule has 3 heteroatoms. The smallest absolute Gasteiger partial charge is 0.318 e. The standard InChI is InChI=1S/C14H18N2O.C2H6/c1-15-14(17)16-13-11-6-2-4-9(11)8-10-5-3-7-12(10)13;1-2/h8H,2-7H2,1H3,(H2,15,16,17);1-2H3. The van der Waals surface area contributed by atoms with E-state index in [9.17, 15) is 4.79 Å². The number of rotatable bonds is 1. The Labute approximate surface area is 115 Å². The number of amides is 2. The van der Waals surface area contributed by atoms with Gasteiger partial charge in [-0.1, -0.05) is 19.9 Å². The van der Waals surface area contributed by atoms with Gasteiger partial charge in [-0.15, -0.1) is 0 Å². The zero-order chi connectivity index (χ0) is 13.8. The van der Waals surface area contributed by atoms with Gasteiger partial charge in [-0.25, -0.2) is 4.79 Å². The summed E-state index contributed by atoms with van der Waals surface area (Å²) >= 11 is 0. The Morgan fingerprint density at radius 1 is 1.00 bits per heavy atom. The quantitative estimate of drug-likeness (QED) is 0.798. The van der Waals surface area contributed by atoms with Crippen LogP contribution >= 0.6 is 0 Å². The van der Waals surface area contributed by atoms with E-state index in [0.717, 1.165) is 18.5 Å². The topological polar surface area (TPSA) is 41.1 Å². The highest BCUT2D eigenvalue weighted by molar-refractivity contribution is 5.91. The number of carbonyl (C=O) groups is 1. The van der Waals surface area contributed by atoms with Crippen molar-refractivity contribution in [3.05, 3.63) is 28.3 Å². The van der Waals surface area contributed by atoms with E-state index in [1.807, 2.05) is 13.8 Å². The van der Waals surface area contributed by atoms with Crippen LogP contribution in [0.5, 0.6) is 0 Å². The fraction of sp³-hybridized carbons (Fsp3) is 0.562. The van der Waals surface area contributed by atoms with E-state index in [4.69, 9.17) is 0 Å². The Bertz CT molecular complexity index is 448. The number of carbonyl (C=O) groups excluding carboxylic acids is 1. The molecule has 0 saturated carbocycles. The molecule has 0 aromatic heterocycles. The molecular weight excluding hydrogens is 236 g/mol. The van der Waals surface area contributed by atoms with Crippen LogP contribution in [0, 0.1) is 0 Å². The minimum atomic E-state index is -0.0978. The second-order valence-corrected chi connectivity index (χ2v) is 4.94. The first-order chi connectivity index (χ1) is 9.29. The maximum atomic E-state index is 11.6. The van der Waals surface area contributed by atoms with Crippen molar-refractivity contribution < 1.29 is 4.79 Å². The number of aryl methyl sites for hydroxylation is 2. The zero-order valence-corrected chi connectivity index (χ0v) is 12.2. The molecule has 1 aromatic carbocycles. The van der Waals surface area contributed by atoms with E-state index in [-0.39, 0.29) is 6.03 Å². The lowest BCUT2D eigenvalue weighted by molar-refractivity contribution is 0.254. The predicted octanol–water partition coefficient (Wildman–Crippen LogP) is 3.44. The van der Waals surface area contributed by atoms with E-state index < -0.39 is 0 Å². The Kier molecular flexibility index (Phi) is 4.46. The molecule has 2 N–H and O–H groups in total. The Morgan fingerprint density at radius 3 is 2.00 bits per heavy atom. The molecule has 0 spiro atoms. The lowest BCUT2D eigenvalue weighted by Gasteiger charge is -2.15. The van der Waals surface area contributed by atoms with Gasteiger partial charge in [0, 0.05) is 12.7 Å². The molecule has 2 amide bonds. The first kappa shape index (κ1) is 13.9. The van der Waals surface area contributed by atoms with Crippen LogP contribution < -0.4 is 10.6 Å². The van der Waals surface area contributed by atoms with E-state index >= 15 is 0 Å². The fourth-order valence-electron chi connectivity index (χ4n) is 3.14. The van der Waals surface area contributed by atoms with E-state index in [1.54, 1.807) is 7.05 Å². The monoisotopic (exact) mass is 260 g/mol. The van der Waals surface area contributed by atoms with E-state index in [0.29, 0.717) is 0 Å². The van der Waals surface area contributed by atoms with Gasteiger partial charge in [-0.05, 0) is 60.8 Å². The molecule has 104 valence electrons. The Morgan fingerprint density at radius 2 is 1.53 bits per heavy atom. The third-order valence-electron chi connectivity index (χ3n) is 3.94. The lowest BCUT2D eigenvalue weighted by Crippen LogP contribution is -2.25. The third-order valence-corrected chi connectivity index (χ3v) is 3.94. The second-order valence-electron chi connectivity index (χ2n) is 4.94. The van der Waals surface area contributed by atoms with Crippen LogP contribution in [0.3, 0.4) is 0 Å². The molecule has 3 nitrogen and oxygen atoms in total. The average Bonchev–Trinajstić information content (AvgIpc) is 3.08. The zero-order valence-electron chi connectivity index (χ0n) is 12.2. The van der Waals surface area contributed by atoms with Crippen molar-refractivity contribution in [2.45, 2.75) is 52.4 Å². The number of hydrogen-bond donors (Lipinski definition) is 2. The van der Waals surface area contributed by atoms with Gasteiger partial charge in [0.05, 0.1) is 0 Å². The fourth-order valence-corrected chi connectivity index (χ4v) is 3.14. The van der Waals surface area contributed by atoms with Crippen LogP contribution in [0.15, 0.2) is 6.07 Å². The highest BCUT2D eigenvalue weighted by Crippen LogP contribution is 2.38. The van der Waals surface area contributed by atoms with Gasteiger partial charge >= 0.3 is 6.03 Å². The molecule has 0 bridgehead atoms. The molecule has 19 heavy (non-hydrogen) atoms. The van der Waals surface area contributed by atoms with Crippen LogP contribution in [0.1, 0.15) is 48.9 Å². The maximum Gasteiger partial charge on any atom is 0.318 e. The summed E-state index contributed by atoms with van der Waals surface area (Å²) in [5, 5.41) is 5.69. The van der Waals surface area contributed by atoms with Gasteiger partial charge in [-0.2, -0.15) is 0 Å². The average molecular weight is 260 g/mol. The molecule has 0 heterocycles. The minimum Gasteiger partial charge on any atom is -0.341 e. The molecule has 0 atom stereocenters. The SMILES string of the molecule is CC.CNC(=O)Nc1c2c(cc3c1CCC3)CCC2. The number of fused-ring (bicyclic) bond motifs is 2. The molecule has 2 aliphatic carbocycles. The molecule has 0 fully saturated rings. The summed E-state index contributed by atoms with van der Waals surface area (Å²) in [6.07, 6.45) is 7.02. The second kappa shape index (κ2) is 6.09. The summed E-state index contributed by atoms with van der Waals surface area (Å²) in [5.41, 5.74) is 6.80. The highest BCUT2D eigenvalue weighted by atomic mass is 16.2. The largest absolute Gasteiger partial charge is 0.341 e. The van der Waals surface area contributed by atoms with Crippen molar-refractivity contribution in [3.63, 3.8) is 0 Å². The van der Waals surface area contributed by atoms with Gasteiger partial charge in [0.15, 0.2) is 0 Å². The van der Waals surface area contributed by atoms with E-state index in [1.165, 1.54) is 47.9 Å². The lowest BCUT2D eigenvalue weighted by atomic mass is 9.99. The number of benzene rings is 1. The van der Waals surface area contributed by atoms with Gasteiger partial charge in [0.1, 0.15) is 0 Å². The van der Waals surface area contributed by atoms with Crippen molar-refractivity contribution in [3.8, 4) is 0 Å². The van der Waals surface area contributed by atoms with Crippen LogP contribution in [-0.4, -0.2) is 13.1 Å². The minimum absolute atomic E-state index is 0.0978. The predicted molar refractivity (Wildman–Crippen MR) is 79.9 cm³/mol. The van der Waals surface area contributed by atoms with Gasteiger partial charge in [-0.3, -0.25) is 0 Å². The molecule has 0 saturated heterocycles. The van der Waals surface area contributed by atoms with Crippen molar-refractivity contribution in [1.29, 1.82) is 0 Å². The van der Waals surface area contributed by atoms with E-state index in [2.05, 4.69) is 16.7 Å². The normalized spacial score (nSPS) is 15.1.